The van der Waals surface area contributed by atoms with Crippen LogP contribution in [0.2, 0.25) is 0 Å². The molecule has 0 fully saturated rings. The van der Waals surface area contributed by atoms with Crippen molar-refractivity contribution in [2.45, 2.75) is 12.8 Å². The van der Waals surface area contributed by atoms with E-state index in [4.69, 9.17) is 15.2 Å². The zero-order valence-electron chi connectivity index (χ0n) is 16.9. The predicted molar refractivity (Wildman–Crippen MR) is 118 cm³/mol. The molecule has 0 unspecified atom stereocenters. The summed E-state index contributed by atoms with van der Waals surface area (Å²) < 4.78 is 11.3. The molecule has 0 aliphatic carbocycles. The van der Waals surface area contributed by atoms with Gasteiger partial charge in [-0.25, -0.2) is 0 Å². The monoisotopic (exact) mass is 408 g/mol. The highest BCUT2D eigenvalue weighted by Gasteiger charge is 2.35. The van der Waals surface area contributed by atoms with Gasteiger partial charge in [0.25, 0.3) is 0 Å². The maximum absolute atomic E-state index is 9.91. The smallest absolute Gasteiger partial charge is 0.244 e. The average molecular weight is 408 g/mol. The van der Waals surface area contributed by atoms with Crippen LogP contribution >= 0.6 is 0 Å². The summed E-state index contributed by atoms with van der Waals surface area (Å²) in [6.45, 7) is 2.55. The third kappa shape index (κ3) is 3.17. The van der Waals surface area contributed by atoms with Gasteiger partial charge in [0, 0.05) is 5.56 Å². The Hall–Kier alpha value is -4.24. The molecule has 1 aliphatic heterocycles. The van der Waals surface area contributed by atoms with Crippen molar-refractivity contribution in [3.8, 4) is 29.0 Å². The summed E-state index contributed by atoms with van der Waals surface area (Å²) in [5.74, 6) is 0.874. The van der Waals surface area contributed by atoms with Gasteiger partial charge in [0.1, 0.15) is 17.4 Å². The van der Waals surface area contributed by atoms with Crippen molar-refractivity contribution in [1.82, 2.24) is 10.2 Å². The number of hydrogen-bond donors (Lipinski definition) is 2. The molecule has 0 radical (unpaired) electrons. The van der Waals surface area contributed by atoms with E-state index in [1.807, 2.05) is 49.4 Å². The highest BCUT2D eigenvalue weighted by Crippen LogP contribution is 2.46. The van der Waals surface area contributed by atoms with Gasteiger partial charge in [-0.2, -0.15) is 5.26 Å². The van der Waals surface area contributed by atoms with E-state index in [1.165, 1.54) is 0 Å². The highest BCUT2D eigenvalue weighted by atomic mass is 16.5. The molecule has 2 heterocycles. The van der Waals surface area contributed by atoms with Crippen molar-refractivity contribution in [3.05, 3.63) is 89.3 Å². The molecule has 5 rings (SSSR count). The van der Waals surface area contributed by atoms with E-state index < -0.39 is 5.92 Å². The molecule has 6 nitrogen and oxygen atoms in total. The number of aromatic nitrogens is 2. The van der Waals surface area contributed by atoms with Crippen LogP contribution in [0.25, 0.3) is 22.0 Å². The summed E-state index contributed by atoms with van der Waals surface area (Å²) in [5.41, 5.74) is 9.94. The molecule has 0 amide bonds. The lowest BCUT2D eigenvalue weighted by Crippen LogP contribution is -2.21. The van der Waals surface area contributed by atoms with Gasteiger partial charge in [-0.15, -0.1) is 5.10 Å². The number of nitrogens with two attached hydrogens (primary N) is 1. The van der Waals surface area contributed by atoms with E-state index in [2.05, 4.69) is 40.5 Å². The van der Waals surface area contributed by atoms with Gasteiger partial charge in [-0.3, -0.25) is 5.10 Å². The zero-order chi connectivity index (χ0) is 21.4. The van der Waals surface area contributed by atoms with Crippen LogP contribution in [0.5, 0.6) is 11.6 Å². The lowest BCUT2D eigenvalue weighted by molar-refractivity contribution is 0.340. The molecule has 3 N–H and O–H groups in total. The third-order valence-corrected chi connectivity index (χ3v) is 5.50. The summed E-state index contributed by atoms with van der Waals surface area (Å²) in [7, 11) is 0. The van der Waals surface area contributed by atoms with Crippen LogP contribution in [0.1, 0.15) is 24.0 Å². The van der Waals surface area contributed by atoms with Gasteiger partial charge < -0.3 is 15.2 Å². The maximum atomic E-state index is 9.91. The van der Waals surface area contributed by atoms with E-state index in [1.54, 1.807) is 0 Å². The second-order valence-corrected chi connectivity index (χ2v) is 7.31. The standard InChI is InChI=1S/C25H20N4O2/c1-2-30-19-11-9-16(10-12-19)23-22-21(20(14-26)24(27)31-25(22)29-28-23)18-8-7-15-5-3-4-6-17(15)13-18/h3-13,21H,2,27H2,1H3,(H,28,29)/t21-/m0/s1. The van der Waals surface area contributed by atoms with Crippen molar-refractivity contribution in [3.63, 3.8) is 0 Å². The van der Waals surface area contributed by atoms with E-state index in [0.717, 1.165) is 38.9 Å². The number of fused-ring (bicyclic) bond motifs is 2. The van der Waals surface area contributed by atoms with E-state index in [-0.39, 0.29) is 5.88 Å². The Morgan fingerprint density at radius 3 is 2.61 bits per heavy atom. The highest BCUT2D eigenvalue weighted by molar-refractivity contribution is 5.84. The normalized spacial score (nSPS) is 15.3. The van der Waals surface area contributed by atoms with Crippen LogP contribution in [0.4, 0.5) is 0 Å². The van der Waals surface area contributed by atoms with Crippen LogP contribution < -0.4 is 15.2 Å². The van der Waals surface area contributed by atoms with Crippen molar-refractivity contribution in [2.75, 3.05) is 6.61 Å². The van der Waals surface area contributed by atoms with Gasteiger partial charge in [0.05, 0.1) is 23.8 Å². The molecule has 0 saturated carbocycles. The predicted octanol–water partition coefficient (Wildman–Crippen LogP) is 4.85. The van der Waals surface area contributed by atoms with E-state index >= 15 is 0 Å². The summed E-state index contributed by atoms with van der Waals surface area (Å²) in [6.07, 6.45) is 0. The minimum absolute atomic E-state index is 0.0814. The molecule has 1 atom stereocenters. The maximum Gasteiger partial charge on any atom is 0.244 e. The van der Waals surface area contributed by atoms with Crippen LogP contribution in [-0.2, 0) is 0 Å². The molecule has 4 aromatic rings. The lowest BCUT2D eigenvalue weighted by atomic mass is 9.82. The van der Waals surface area contributed by atoms with Gasteiger partial charge in [0.2, 0.25) is 11.8 Å². The molecule has 1 aliphatic rings. The number of nitrogens with zero attached hydrogens (tertiary/aromatic N) is 2. The SMILES string of the molecule is CCOc1ccc(-c2[nH]nc3c2[C@@H](c2ccc4ccccc4c2)C(C#N)=C(N)O3)cc1. The van der Waals surface area contributed by atoms with Gasteiger partial charge in [0.15, 0.2) is 0 Å². The number of rotatable bonds is 4. The first kappa shape index (κ1) is 18.8. The number of allylic oxidation sites excluding steroid dienone is 1. The van der Waals surface area contributed by atoms with Gasteiger partial charge in [-0.1, -0.05) is 42.5 Å². The quantitative estimate of drug-likeness (QED) is 0.503. The summed E-state index contributed by atoms with van der Waals surface area (Å²) in [6, 6.07) is 24.3. The van der Waals surface area contributed by atoms with Gasteiger partial charge >= 0.3 is 0 Å². The van der Waals surface area contributed by atoms with Crippen LogP contribution in [-0.4, -0.2) is 16.8 Å². The third-order valence-electron chi connectivity index (χ3n) is 5.50. The number of ether oxygens (including phenoxy) is 2. The molecule has 0 saturated heterocycles. The molecule has 6 heteroatoms. The van der Waals surface area contributed by atoms with Crippen molar-refractivity contribution in [1.29, 1.82) is 5.26 Å². The zero-order valence-corrected chi connectivity index (χ0v) is 16.9. The van der Waals surface area contributed by atoms with E-state index in [0.29, 0.717) is 18.1 Å². The Labute approximate surface area is 179 Å². The number of hydrogen-bond acceptors (Lipinski definition) is 5. The average Bonchev–Trinajstić information content (AvgIpc) is 3.22. The fraction of sp³-hybridized carbons (Fsp3) is 0.120. The Kier molecular flexibility index (Phi) is 4.57. The van der Waals surface area contributed by atoms with Crippen LogP contribution in [0.15, 0.2) is 78.2 Å². The summed E-state index contributed by atoms with van der Waals surface area (Å²) >= 11 is 0. The first-order chi connectivity index (χ1) is 15.2. The number of benzene rings is 3. The summed E-state index contributed by atoms with van der Waals surface area (Å²) in [4.78, 5) is 0. The number of nitriles is 1. The molecule has 152 valence electrons. The van der Waals surface area contributed by atoms with Crippen molar-refractivity contribution in [2.24, 2.45) is 5.73 Å². The first-order valence-corrected chi connectivity index (χ1v) is 10.1. The molecule has 1 aromatic heterocycles. The Morgan fingerprint density at radius 2 is 1.87 bits per heavy atom. The topological polar surface area (TPSA) is 97.0 Å². The number of aromatic amines is 1. The molecule has 0 spiro atoms. The molecule has 0 bridgehead atoms. The molecule has 3 aromatic carbocycles. The molecule has 31 heavy (non-hydrogen) atoms. The van der Waals surface area contributed by atoms with Gasteiger partial charge in [-0.05, 0) is 47.5 Å². The van der Waals surface area contributed by atoms with E-state index in [9.17, 15) is 5.26 Å². The lowest BCUT2D eigenvalue weighted by Gasteiger charge is -2.24. The second-order valence-electron chi connectivity index (χ2n) is 7.31. The fourth-order valence-electron chi connectivity index (χ4n) is 4.07. The van der Waals surface area contributed by atoms with Crippen molar-refractivity contribution < 1.29 is 9.47 Å². The van der Waals surface area contributed by atoms with Crippen LogP contribution in [0.3, 0.4) is 0 Å². The molecular formula is C25H20N4O2. The second kappa shape index (κ2) is 7.54. The molecular weight excluding hydrogens is 388 g/mol. The van der Waals surface area contributed by atoms with Crippen molar-refractivity contribution >= 4 is 10.8 Å². The number of nitrogens with one attached hydrogen (secondary N) is 1. The Morgan fingerprint density at radius 1 is 1.10 bits per heavy atom. The largest absolute Gasteiger partial charge is 0.494 e. The first-order valence-electron chi connectivity index (χ1n) is 10.1. The number of H-pyrrole nitrogens is 1. The van der Waals surface area contributed by atoms with Crippen LogP contribution in [0, 0.1) is 11.3 Å². The summed E-state index contributed by atoms with van der Waals surface area (Å²) in [5, 5.41) is 19.6. The minimum Gasteiger partial charge on any atom is -0.494 e. The minimum atomic E-state index is -0.390. The Balaban J connectivity index is 1.68. The Bertz CT molecular complexity index is 1350. The fourth-order valence-corrected chi connectivity index (χ4v) is 4.07.